The minimum atomic E-state index is -4.03. The maximum atomic E-state index is 14.1. The Morgan fingerprint density at radius 1 is 1.21 bits per heavy atom. The van der Waals surface area contributed by atoms with Crippen LogP contribution in [0.25, 0.3) is 10.9 Å². The van der Waals surface area contributed by atoms with E-state index in [1.165, 1.54) is 44.1 Å². The number of carbonyl (C=O) groups excluding carboxylic acids is 1. The lowest BCUT2D eigenvalue weighted by Gasteiger charge is -2.23. The number of anilines is 1. The van der Waals surface area contributed by atoms with Crippen molar-refractivity contribution >= 4 is 51.4 Å². The molecule has 0 saturated heterocycles. The van der Waals surface area contributed by atoms with E-state index in [4.69, 9.17) is 4.52 Å². The summed E-state index contributed by atoms with van der Waals surface area (Å²) in [6.45, 7) is 3.45. The van der Waals surface area contributed by atoms with Gasteiger partial charge >= 0.3 is 0 Å². The van der Waals surface area contributed by atoms with Gasteiger partial charge in [-0.25, -0.2) is 25.5 Å². The lowest BCUT2D eigenvalue weighted by atomic mass is 10.0. The fraction of sp³-hybridized carbons (Fsp3) is 0.250. The molecule has 0 spiro atoms. The summed E-state index contributed by atoms with van der Waals surface area (Å²) >= 11 is 0. The number of pyridine rings is 1. The molecule has 1 unspecified atom stereocenters. The van der Waals surface area contributed by atoms with Crippen LogP contribution in [-0.4, -0.2) is 64.3 Å². The normalized spacial score (nSPS) is 14.1. The molecule has 38 heavy (non-hydrogen) atoms. The Morgan fingerprint density at radius 2 is 1.92 bits per heavy atom. The molecule has 10 nitrogen and oxygen atoms in total. The second-order valence-electron chi connectivity index (χ2n) is 8.79. The number of hydrogen-bond acceptors (Lipinski definition) is 7. The van der Waals surface area contributed by atoms with Gasteiger partial charge in [0.15, 0.2) is 5.75 Å². The SMILES string of the molecule is C=CPOc1c2c(c(N(C)S(C)(=O)=O)c3cccnc13)CN(Cc1ccc(F)cc1S(=O)(=O)N(C)C)C2=O. The summed E-state index contributed by atoms with van der Waals surface area (Å²) < 4.78 is 73.0. The van der Waals surface area contributed by atoms with Crippen LogP contribution in [0.5, 0.6) is 5.75 Å². The summed E-state index contributed by atoms with van der Waals surface area (Å²) in [6.07, 6.45) is 2.56. The van der Waals surface area contributed by atoms with Crippen LogP contribution in [0.1, 0.15) is 21.5 Å². The van der Waals surface area contributed by atoms with E-state index in [1.807, 2.05) is 0 Å². The molecule has 2 aromatic carbocycles. The highest BCUT2D eigenvalue weighted by atomic mass is 32.2. The molecule has 0 saturated carbocycles. The monoisotopic (exact) mass is 580 g/mol. The van der Waals surface area contributed by atoms with Crippen molar-refractivity contribution in [2.45, 2.75) is 18.0 Å². The maximum Gasteiger partial charge on any atom is 0.258 e. The van der Waals surface area contributed by atoms with Gasteiger partial charge in [-0.2, -0.15) is 0 Å². The number of carbonyl (C=O) groups is 1. The van der Waals surface area contributed by atoms with Gasteiger partial charge in [-0.15, -0.1) is 0 Å². The third-order valence-electron chi connectivity index (χ3n) is 6.15. The van der Waals surface area contributed by atoms with Crippen molar-refractivity contribution in [3.05, 3.63) is 71.4 Å². The highest BCUT2D eigenvalue weighted by Crippen LogP contribution is 2.46. The quantitative estimate of drug-likeness (QED) is 0.357. The van der Waals surface area contributed by atoms with Crippen molar-refractivity contribution in [2.75, 3.05) is 31.7 Å². The molecule has 202 valence electrons. The number of amides is 1. The molecule has 1 aliphatic rings. The van der Waals surface area contributed by atoms with E-state index in [-0.39, 0.29) is 49.4 Å². The second-order valence-corrected chi connectivity index (χ2v) is 13.8. The molecule has 2 heterocycles. The summed E-state index contributed by atoms with van der Waals surface area (Å²) in [7, 11) is -3.92. The van der Waals surface area contributed by atoms with Crippen LogP contribution >= 0.6 is 8.81 Å². The van der Waals surface area contributed by atoms with Crippen LogP contribution in [0.2, 0.25) is 0 Å². The summed E-state index contributed by atoms with van der Waals surface area (Å²) in [5.74, 6) is 0.483. The van der Waals surface area contributed by atoms with Gasteiger partial charge in [0.05, 0.1) is 31.2 Å². The van der Waals surface area contributed by atoms with E-state index in [0.29, 0.717) is 16.5 Å². The number of aromatic nitrogens is 1. The first kappa shape index (κ1) is 27.9. The van der Waals surface area contributed by atoms with Gasteiger partial charge in [0.25, 0.3) is 5.91 Å². The second kappa shape index (κ2) is 10.2. The van der Waals surface area contributed by atoms with E-state index < -0.39 is 31.8 Å². The van der Waals surface area contributed by atoms with Gasteiger partial charge < -0.3 is 9.42 Å². The predicted molar refractivity (Wildman–Crippen MR) is 145 cm³/mol. The largest absolute Gasteiger partial charge is 0.470 e. The Hall–Kier alpha value is -3.12. The van der Waals surface area contributed by atoms with Crippen molar-refractivity contribution in [1.82, 2.24) is 14.2 Å². The third kappa shape index (κ3) is 4.86. The Labute approximate surface area is 222 Å². The average Bonchev–Trinajstić information content (AvgIpc) is 3.17. The standard InChI is InChI=1S/C24H26FN4O6PS2/c1-6-36-35-23-20-18(22(28(4)37(5,31)32)17-8-7-11-26-21(17)23)14-29(24(20)30)13-15-9-10-16(25)12-19(15)38(33,34)27(2)3/h6-12,36H,1,13-14H2,2-5H3. The minimum Gasteiger partial charge on any atom is -0.470 e. The Morgan fingerprint density at radius 3 is 2.55 bits per heavy atom. The molecule has 0 N–H and O–H groups in total. The molecule has 0 fully saturated rings. The molecule has 1 aromatic heterocycles. The van der Waals surface area contributed by atoms with E-state index in [1.54, 1.807) is 12.1 Å². The predicted octanol–water partition coefficient (Wildman–Crippen LogP) is 3.29. The molecular weight excluding hydrogens is 554 g/mol. The van der Waals surface area contributed by atoms with Crippen LogP contribution in [0.3, 0.4) is 0 Å². The minimum absolute atomic E-state index is 0.0411. The number of halogens is 1. The lowest BCUT2D eigenvalue weighted by Crippen LogP contribution is -2.28. The van der Waals surface area contributed by atoms with Crippen LogP contribution in [-0.2, 0) is 33.1 Å². The first-order valence-corrected chi connectivity index (χ1v) is 15.5. The molecule has 1 amide bonds. The highest BCUT2D eigenvalue weighted by Gasteiger charge is 2.38. The van der Waals surface area contributed by atoms with Gasteiger partial charge in [-0.05, 0) is 35.6 Å². The first-order valence-electron chi connectivity index (χ1n) is 11.2. The van der Waals surface area contributed by atoms with Crippen molar-refractivity contribution < 1.29 is 30.5 Å². The molecule has 0 aliphatic carbocycles. The summed E-state index contributed by atoms with van der Waals surface area (Å²) in [5, 5.41) is 0.468. The fourth-order valence-electron chi connectivity index (χ4n) is 4.27. The summed E-state index contributed by atoms with van der Waals surface area (Å²) in [6, 6.07) is 6.70. The third-order valence-corrected chi connectivity index (χ3v) is 9.71. The number of benzene rings is 2. The maximum absolute atomic E-state index is 14.1. The zero-order valence-corrected chi connectivity index (χ0v) is 23.7. The van der Waals surface area contributed by atoms with E-state index in [2.05, 4.69) is 11.6 Å². The van der Waals surface area contributed by atoms with Gasteiger partial charge in [0, 0.05) is 51.4 Å². The molecule has 1 aliphatic heterocycles. The summed E-state index contributed by atoms with van der Waals surface area (Å²) in [5.41, 5.74) is 1.31. The zero-order valence-electron chi connectivity index (χ0n) is 21.1. The fourth-order valence-corrected chi connectivity index (χ4v) is 6.33. The van der Waals surface area contributed by atoms with Crippen LogP contribution < -0.4 is 8.83 Å². The first-order chi connectivity index (χ1) is 17.8. The van der Waals surface area contributed by atoms with E-state index >= 15 is 0 Å². The molecular formula is C24H26FN4O6PS2. The summed E-state index contributed by atoms with van der Waals surface area (Å²) in [4.78, 5) is 19.3. The van der Waals surface area contributed by atoms with Crippen LogP contribution in [0.4, 0.5) is 10.1 Å². The van der Waals surface area contributed by atoms with Crippen molar-refractivity contribution in [2.24, 2.45) is 0 Å². The van der Waals surface area contributed by atoms with E-state index in [9.17, 15) is 26.0 Å². The van der Waals surface area contributed by atoms with Gasteiger partial charge in [0.1, 0.15) is 11.3 Å². The lowest BCUT2D eigenvalue weighted by molar-refractivity contribution is 0.0764. The number of nitrogens with zero attached hydrogens (tertiary/aromatic N) is 4. The number of sulfonamides is 2. The Bertz CT molecular complexity index is 1680. The average molecular weight is 581 g/mol. The van der Waals surface area contributed by atoms with Crippen molar-refractivity contribution in [3.8, 4) is 5.75 Å². The molecule has 14 heteroatoms. The number of hydrogen-bond donors (Lipinski definition) is 0. The van der Waals surface area contributed by atoms with Crippen LogP contribution in [0.15, 0.2) is 53.8 Å². The van der Waals surface area contributed by atoms with E-state index in [0.717, 1.165) is 27.0 Å². The van der Waals surface area contributed by atoms with Gasteiger partial charge in [0.2, 0.25) is 20.0 Å². The molecule has 0 radical (unpaired) electrons. The molecule has 3 aromatic rings. The smallest absolute Gasteiger partial charge is 0.258 e. The topological polar surface area (TPSA) is 117 Å². The Kier molecular flexibility index (Phi) is 7.50. The van der Waals surface area contributed by atoms with Crippen molar-refractivity contribution in [1.29, 1.82) is 0 Å². The molecule has 4 rings (SSSR count). The van der Waals surface area contributed by atoms with Crippen molar-refractivity contribution in [3.63, 3.8) is 0 Å². The molecule has 0 bridgehead atoms. The molecule has 1 atom stereocenters. The van der Waals surface area contributed by atoms with Gasteiger partial charge in [-0.3, -0.25) is 14.1 Å². The zero-order chi connectivity index (χ0) is 28.0. The highest BCUT2D eigenvalue weighted by molar-refractivity contribution is 7.92. The number of fused-ring (bicyclic) bond motifs is 2. The van der Waals surface area contributed by atoms with Crippen LogP contribution in [0, 0.1) is 5.82 Å². The van der Waals surface area contributed by atoms with Gasteiger partial charge in [-0.1, -0.05) is 12.6 Å². The number of rotatable bonds is 9. The Balaban J connectivity index is 1.92.